The van der Waals surface area contributed by atoms with E-state index >= 15 is 0 Å². The summed E-state index contributed by atoms with van der Waals surface area (Å²) in [5.74, 6) is 0. The number of fused-ring (bicyclic) bond motifs is 2. The molecule has 3 rings (SSSR count). The molecule has 1 aromatic rings. The highest BCUT2D eigenvalue weighted by atomic mass is 16.2. The fourth-order valence-electron chi connectivity index (χ4n) is 3.18. The smallest absolute Gasteiger partial charge is 0.315 e. The summed E-state index contributed by atoms with van der Waals surface area (Å²) in [5.41, 5.74) is 0. The van der Waals surface area contributed by atoms with Crippen LogP contribution in [0.2, 0.25) is 0 Å². The highest BCUT2D eigenvalue weighted by Crippen LogP contribution is 2.31. The monoisotopic (exact) mass is 248 g/mol. The molecule has 0 spiro atoms. The number of rotatable bonds is 1. The number of imidazole rings is 1. The Bertz CT molecular complexity index is 414. The van der Waals surface area contributed by atoms with E-state index in [0.29, 0.717) is 18.1 Å². The maximum Gasteiger partial charge on any atom is 0.329 e. The lowest BCUT2D eigenvalue weighted by Crippen LogP contribution is -2.57. The average molecular weight is 248 g/mol. The van der Waals surface area contributed by atoms with Crippen LogP contribution in [0.5, 0.6) is 0 Å². The Kier molecular flexibility index (Phi) is 2.86. The highest BCUT2D eigenvalue weighted by molar-refractivity contribution is 5.77. The predicted octanol–water partition coefficient (Wildman–Crippen LogP) is 1.41. The van der Waals surface area contributed by atoms with Crippen molar-refractivity contribution in [3.05, 3.63) is 18.7 Å². The first-order chi connectivity index (χ1) is 8.66. The second-order valence-corrected chi connectivity index (χ2v) is 5.59. The van der Waals surface area contributed by atoms with E-state index in [-0.39, 0.29) is 6.03 Å². The molecule has 3 heterocycles. The molecule has 2 aliphatic heterocycles. The molecule has 0 aromatic carbocycles. The fraction of sp³-hybridized carbons (Fsp3) is 0.692. The number of amides is 1. The second-order valence-electron chi connectivity index (χ2n) is 5.59. The van der Waals surface area contributed by atoms with Gasteiger partial charge in [-0.25, -0.2) is 9.78 Å². The number of piperazine rings is 1. The van der Waals surface area contributed by atoms with Crippen molar-refractivity contribution < 1.29 is 4.79 Å². The third-order valence-electron chi connectivity index (χ3n) is 4.19. The summed E-state index contributed by atoms with van der Waals surface area (Å²) < 4.78 is 1.59. The number of hydrogen-bond acceptors (Lipinski definition) is 3. The van der Waals surface area contributed by atoms with Crippen molar-refractivity contribution in [3.8, 4) is 0 Å². The first-order valence-corrected chi connectivity index (χ1v) is 6.71. The number of carbonyl (C=O) groups excluding carboxylic acids is 1. The molecule has 98 valence electrons. The maximum atomic E-state index is 12.4. The minimum absolute atomic E-state index is 0.0865. The van der Waals surface area contributed by atoms with Gasteiger partial charge in [0.05, 0.1) is 0 Å². The minimum Gasteiger partial charge on any atom is -0.315 e. The fourth-order valence-corrected chi connectivity index (χ4v) is 3.18. The first kappa shape index (κ1) is 11.7. The van der Waals surface area contributed by atoms with Crippen LogP contribution in [0.1, 0.15) is 26.7 Å². The molecule has 2 fully saturated rings. The second kappa shape index (κ2) is 4.39. The van der Waals surface area contributed by atoms with Gasteiger partial charge in [0.15, 0.2) is 0 Å². The molecule has 0 saturated carbocycles. The number of nitrogens with zero attached hydrogens (tertiary/aromatic N) is 4. The van der Waals surface area contributed by atoms with E-state index in [1.54, 1.807) is 23.3 Å². The van der Waals surface area contributed by atoms with Gasteiger partial charge in [0.2, 0.25) is 0 Å². The van der Waals surface area contributed by atoms with Crippen molar-refractivity contribution >= 4 is 6.03 Å². The van der Waals surface area contributed by atoms with Gasteiger partial charge >= 0.3 is 6.03 Å². The van der Waals surface area contributed by atoms with Crippen LogP contribution in [0, 0.1) is 0 Å². The number of likely N-dealkylation sites (tertiary alicyclic amines) is 1. The Balaban J connectivity index is 1.78. The van der Waals surface area contributed by atoms with Gasteiger partial charge in [0, 0.05) is 43.6 Å². The topological polar surface area (TPSA) is 41.4 Å². The van der Waals surface area contributed by atoms with Gasteiger partial charge < -0.3 is 4.90 Å². The highest BCUT2D eigenvalue weighted by Gasteiger charge is 2.43. The van der Waals surface area contributed by atoms with Gasteiger partial charge in [-0.15, -0.1) is 0 Å². The Morgan fingerprint density at radius 1 is 1.28 bits per heavy atom. The van der Waals surface area contributed by atoms with Gasteiger partial charge in [-0.2, -0.15) is 0 Å². The van der Waals surface area contributed by atoms with Crippen LogP contribution in [-0.4, -0.2) is 56.6 Å². The Morgan fingerprint density at radius 2 is 1.94 bits per heavy atom. The van der Waals surface area contributed by atoms with Crippen LogP contribution in [0.15, 0.2) is 18.7 Å². The summed E-state index contributed by atoms with van der Waals surface area (Å²) in [6.07, 6.45) is 7.25. The van der Waals surface area contributed by atoms with E-state index < -0.39 is 0 Å². The SMILES string of the molecule is CC(C)N1CC2CCC(C1)N2C(=O)n1ccnc1. The van der Waals surface area contributed by atoms with Crippen molar-refractivity contribution in [1.29, 1.82) is 0 Å². The lowest BCUT2D eigenvalue weighted by molar-refractivity contribution is 0.0711. The van der Waals surface area contributed by atoms with Crippen molar-refractivity contribution in [1.82, 2.24) is 19.4 Å². The molecule has 2 saturated heterocycles. The molecular formula is C13H20N4O. The standard InChI is InChI=1S/C13H20N4O/c1-10(2)16-7-11-3-4-12(8-16)17(11)13(18)15-6-5-14-9-15/h5-6,9-12H,3-4,7-8H2,1-2H3. The van der Waals surface area contributed by atoms with Crippen molar-refractivity contribution in [3.63, 3.8) is 0 Å². The van der Waals surface area contributed by atoms with E-state index in [0.717, 1.165) is 25.9 Å². The Hall–Kier alpha value is -1.36. The van der Waals surface area contributed by atoms with Gasteiger partial charge in [0.25, 0.3) is 0 Å². The lowest BCUT2D eigenvalue weighted by Gasteiger charge is -2.42. The minimum atomic E-state index is 0.0865. The van der Waals surface area contributed by atoms with Gasteiger partial charge in [-0.3, -0.25) is 9.47 Å². The zero-order chi connectivity index (χ0) is 12.7. The zero-order valence-corrected chi connectivity index (χ0v) is 11.0. The molecule has 0 radical (unpaired) electrons. The molecule has 5 heteroatoms. The molecule has 2 unspecified atom stereocenters. The van der Waals surface area contributed by atoms with Crippen LogP contribution < -0.4 is 0 Å². The summed E-state index contributed by atoms with van der Waals surface area (Å²) in [5, 5.41) is 0. The van der Waals surface area contributed by atoms with Gasteiger partial charge in [0.1, 0.15) is 6.33 Å². The summed E-state index contributed by atoms with van der Waals surface area (Å²) in [7, 11) is 0. The molecule has 2 atom stereocenters. The quantitative estimate of drug-likeness (QED) is 0.754. The van der Waals surface area contributed by atoms with Crippen LogP contribution in [0.4, 0.5) is 4.79 Å². The van der Waals surface area contributed by atoms with Crippen LogP contribution in [0.25, 0.3) is 0 Å². The van der Waals surface area contributed by atoms with Crippen molar-refractivity contribution in [2.75, 3.05) is 13.1 Å². The molecule has 2 bridgehead atoms. The van der Waals surface area contributed by atoms with E-state index in [1.807, 2.05) is 0 Å². The summed E-state index contributed by atoms with van der Waals surface area (Å²) in [6.45, 7) is 6.47. The first-order valence-electron chi connectivity index (χ1n) is 6.71. The summed E-state index contributed by atoms with van der Waals surface area (Å²) in [4.78, 5) is 20.9. The van der Waals surface area contributed by atoms with E-state index in [9.17, 15) is 4.79 Å². The third kappa shape index (κ3) is 1.82. The lowest BCUT2D eigenvalue weighted by atomic mass is 10.1. The van der Waals surface area contributed by atoms with E-state index in [2.05, 4.69) is 28.6 Å². The summed E-state index contributed by atoms with van der Waals surface area (Å²) >= 11 is 0. The van der Waals surface area contributed by atoms with Crippen LogP contribution in [-0.2, 0) is 0 Å². The van der Waals surface area contributed by atoms with E-state index in [4.69, 9.17) is 0 Å². The normalized spacial score (nSPS) is 28.1. The molecule has 0 N–H and O–H groups in total. The number of aromatic nitrogens is 2. The Morgan fingerprint density at radius 3 is 2.44 bits per heavy atom. The van der Waals surface area contributed by atoms with E-state index in [1.165, 1.54) is 0 Å². The van der Waals surface area contributed by atoms with Gasteiger partial charge in [-0.1, -0.05) is 0 Å². The largest absolute Gasteiger partial charge is 0.329 e. The Labute approximate surface area is 107 Å². The van der Waals surface area contributed by atoms with Crippen LogP contribution in [0.3, 0.4) is 0 Å². The number of hydrogen-bond donors (Lipinski definition) is 0. The third-order valence-corrected chi connectivity index (χ3v) is 4.19. The number of carbonyl (C=O) groups is 1. The predicted molar refractivity (Wildman–Crippen MR) is 68.4 cm³/mol. The molecule has 1 aromatic heterocycles. The molecule has 0 aliphatic carbocycles. The molecule has 5 nitrogen and oxygen atoms in total. The van der Waals surface area contributed by atoms with Crippen LogP contribution >= 0.6 is 0 Å². The molecule has 1 amide bonds. The zero-order valence-electron chi connectivity index (χ0n) is 11.0. The molecule has 2 aliphatic rings. The van der Waals surface area contributed by atoms with Crippen molar-refractivity contribution in [2.45, 2.75) is 44.8 Å². The van der Waals surface area contributed by atoms with Crippen molar-refractivity contribution in [2.24, 2.45) is 0 Å². The molecular weight excluding hydrogens is 228 g/mol. The maximum absolute atomic E-state index is 12.4. The summed E-state index contributed by atoms with van der Waals surface area (Å²) in [6, 6.07) is 1.41. The average Bonchev–Trinajstić information content (AvgIpc) is 2.95. The molecule has 18 heavy (non-hydrogen) atoms. The van der Waals surface area contributed by atoms with Gasteiger partial charge in [-0.05, 0) is 26.7 Å².